The van der Waals surface area contributed by atoms with E-state index in [4.69, 9.17) is 14.2 Å². The van der Waals surface area contributed by atoms with Crippen LogP contribution >= 0.6 is 0 Å². The van der Waals surface area contributed by atoms with E-state index in [1.165, 1.54) is 17.5 Å². The number of carbonyl (C=O) groups is 1. The van der Waals surface area contributed by atoms with Crippen molar-refractivity contribution in [2.45, 2.75) is 17.7 Å². The highest BCUT2D eigenvalue weighted by Crippen LogP contribution is 2.26. The number of morpholine rings is 1. The largest absolute Gasteiger partial charge is 0.497 e. The fourth-order valence-electron chi connectivity index (χ4n) is 3.19. The summed E-state index contributed by atoms with van der Waals surface area (Å²) in [4.78, 5) is 12.5. The number of sulfonamides is 1. The molecule has 1 aliphatic heterocycles. The Morgan fingerprint density at radius 2 is 1.77 bits per heavy atom. The molecule has 0 aromatic heterocycles. The molecule has 9 heteroatoms. The predicted molar refractivity (Wildman–Crippen MR) is 113 cm³/mol. The number of rotatable bonds is 8. The van der Waals surface area contributed by atoms with Gasteiger partial charge in [0.25, 0.3) is 0 Å². The van der Waals surface area contributed by atoms with E-state index in [1.54, 1.807) is 43.5 Å². The molecule has 0 atom stereocenters. The highest BCUT2D eigenvalue weighted by atomic mass is 32.2. The van der Waals surface area contributed by atoms with E-state index in [-0.39, 0.29) is 17.2 Å². The maximum atomic E-state index is 12.9. The number of aryl methyl sites for hydroxylation is 1. The van der Waals surface area contributed by atoms with E-state index in [0.717, 1.165) is 0 Å². The summed E-state index contributed by atoms with van der Waals surface area (Å²) in [6.07, 6.45) is 0.529. The monoisotopic (exact) mass is 434 g/mol. The molecule has 0 bridgehead atoms. The van der Waals surface area contributed by atoms with Crippen LogP contribution in [0.25, 0.3) is 0 Å². The van der Waals surface area contributed by atoms with Crippen LogP contribution in [0.15, 0.2) is 47.4 Å². The van der Waals surface area contributed by atoms with Crippen molar-refractivity contribution in [1.29, 1.82) is 0 Å². The SMILES string of the molecule is COc1ccc(NC(=O)CCc2cc(S(=O)(=O)N3CCOCC3)ccc2OC)cc1. The number of hydrogen-bond acceptors (Lipinski definition) is 6. The third-order valence-corrected chi connectivity index (χ3v) is 6.75. The molecular weight excluding hydrogens is 408 g/mol. The van der Waals surface area contributed by atoms with Crippen molar-refractivity contribution < 1.29 is 27.4 Å². The van der Waals surface area contributed by atoms with Crippen molar-refractivity contribution in [3.63, 3.8) is 0 Å². The molecule has 0 spiro atoms. The van der Waals surface area contributed by atoms with Crippen molar-refractivity contribution in [1.82, 2.24) is 4.31 Å². The van der Waals surface area contributed by atoms with Crippen molar-refractivity contribution >= 4 is 21.6 Å². The van der Waals surface area contributed by atoms with E-state index in [1.807, 2.05) is 0 Å². The Morgan fingerprint density at radius 3 is 2.40 bits per heavy atom. The number of anilines is 1. The lowest BCUT2D eigenvalue weighted by Gasteiger charge is -2.26. The summed E-state index contributed by atoms with van der Waals surface area (Å²) in [6.45, 7) is 1.42. The topological polar surface area (TPSA) is 94.2 Å². The lowest BCUT2D eigenvalue weighted by molar-refractivity contribution is -0.116. The van der Waals surface area contributed by atoms with Gasteiger partial charge in [-0.2, -0.15) is 4.31 Å². The molecule has 162 valence electrons. The molecule has 0 unspecified atom stereocenters. The molecule has 30 heavy (non-hydrogen) atoms. The van der Waals surface area contributed by atoms with Crippen molar-refractivity contribution in [3.8, 4) is 11.5 Å². The van der Waals surface area contributed by atoms with Gasteiger partial charge in [0, 0.05) is 25.2 Å². The molecule has 8 nitrogen and oxygen atoms in total. The molecular formula is C21H26N2O6S. The summed E-state index contributed by atoms with van der Waals surface area (Å²) >= 11 is 0. The normalized spacial score (nSPS) is 14.9. The summed E-state index contributed by atoms with van der Waals surface area (Å²) in [7, 11) is -0.520. The van der Waals surface area contributed by atoms with Gasteiger partial charge in [0.15, 0.2) is 0 Å². The van der Waals surface area contributed by atoms with Crippen LogP contribution < -0.4 is 14.8 Å². The maximum Gasteiger partial charge on any atom is 0.243 e. The third kappa shape index (κ3) is 5.29. The first-order valence-electron chi connectivity index (χ1n) is 9.63. The van der Waals surface area contributed by atoms with Crippen LogP contribution in [0.2, 0.25) is 0 Å². The Kier molecular flexibility index (Phi) is 7.30. The van der Waals surface area contributed by atoms with Gasteiger partial charge in [-0.05, 0) is 54.4 Å². The fraction of sp³-hybridized carbons (Fsp3) is 0.381. The van der Waals surface area contributed by atoms with Crippen LogP contribution in [0.3, 0.4) is 0 Å². The van der Waals surface area contributed by atoms with Crippen LogP contribution in [0.1, 0.15) is 12.0 Å². The minimum atomic E-state index is -3.62. The van der Waals surface area contributed by atoms with Gasteiger partial charge in [0.05, 0.1) is 32.3 Å². The van der Waals surface area contributed by atoms with Gasteiger partial charge >= 0.3 is 0 Å². The average Bonchev–Trinajstić information content (AvgIpc) is 2.78. The first kappa shape index (κ1) is 22.1. The number of benzene rings is 2. The van der Waals surface area contributed by atoms with Gasteiger partial charge in [0.2, 0.25) is 15.9 Å². The zero-order chi connectivity index (χ0) is 21.6. The van der Waals surface area contributed by atoms with E-state index >= 15 is 0 Å². The molecule has 0 saturated carbocycles. The standard InChI is InChI=1S/C21H26N2O6S/c1-27-18-6-4-17(5-7-18)22-21(24)10-3-16-15-19(8-9-20(16)28-2)30(25,26)23-11-13-29-14-12-23/h4-9,15H,3,10-14H2,1-2H3,(H,22,24). The molecule has 1 N–H and O–H groups in total. The molecule has 3 rings (SSSR count). The number of hydrogen-bond donors (Lipinski definition) is 1. The van der Waals surface area contributed by atoms with Gasteiger partial charge in [-0.15, -0.1) is 0 Å². The smallest absolute Gasteiger partial charge is 0.243 e. The molecule has 2 aromatic rings. The highest BCUT2D eigenvalue weighted by Gasteiger charge is 2.27. The summed E-state index contributed by atoms with van der Waals surface area (Å²) in [5, 5.41) is 2.82. The lowest BCUT2D eigenvalue weighted by atomic mass is 10.1. The Hall–Kier alpha value is -2.62. The van der Waals surface area contributed by atoms with Gasteiger partial charge in [0.1, 0.15) is 11.5 Å². The highest BCUT2D eigenvalue weighted by molar-refractivity contribution is 7.89. The zero-order valence-corrected chi connectivity index (χ0v) is 17.9. The third-order valence-electron chi connectivity index (χ3n) is 4.85. The molecule has 1 fully saturated rings. The number of carbonyl (C=O) groups excluding carboxylic acids is 1. The molecule has 1 amide bonds. The summed E-state index contributed by atoms with van der Waals surface area (Å²) < 4.78 is 42.9. The van der Waals surface area contributed by atoms with Crippen LogP contribution in [-0.4, -0.2) is 59.2 Å². The van der Waals surface area contributed by atoms with E-state index in [0.29, 0.717) is 55.5 Å². The zero-order valence-electron chi connectivity index (χ0n) is 17.1. The quantitative estimate of drug-likeness (QED) is 0.685. The van der Waals surface area contributed by atoms with Crippen LogP contribution in [0.4, 0.5) is 5.69 Å². The van der Waals surface area contributed by atoms with Crippen LogP contribution in [0, 0.1) is 0 Å². The minimum Gasteiger partial charge on any atom is -0.497 e. The lowest BCUT2D eigenvalue weighted by Crippen LogP contribution is -2.40. The second-order valence-electron chi connectivity index (χ2n) is 6.77. The second-order valence-corrected chi connectivity index (χ2v) is 8.70. The summed E-state index contributed by atoms with van der Waals surface area (Å²) in [5.74, 6) is 1.08. The summed E-state index contributed by atoms with van der Waals surface area (Å²) in [5.41, 5.74) is 1.33. The van der Waals surface area contributed by atoms with E-state index in [2.05, 4.69) is 5.32 Å². The van der Waals surface area contributed by atoms with Crippen molar-refractivity contribution in [2.75, 3.05) is 45.8 Å². The van der Waals surface area contributed by atoms with Crippen LogP contribution in [-0.2, 0) is 26.0 Å². The number of ether oxygens (including phenoxy) is 3. The number of amides is 1. The number of nitrogens with one attached hydrogen (secondary N) is 1. The molecule has 1 heterocycles. The van der Waals surface area contributed by atoms with Crippen molar-refractivity contribution in [2.24, 2.45) is 0 Å². The van der Waals surface area contributed by atoms with Crippen molar-refractivity contribution in [3.05, 3.63) is 48.0 Å². The first-order chi connectivity index (χ1) is 14.4. The molecule has 2 aromatic carbocycles. The number of nitrogens with zero attached hydrogens (tertiary/aromatic N) is 1. The second kappa shape index (κ2) is 9.92. The first-order valence-corrected chi connectivity index (χ1v) is 11.1. The average molecular weight is 435 g/mol. The van der Waals surface area contributed by atoms with Gasteiger partial charge < -0.3 is 19.5 Å². The Morgan fingerprint density at radius 1 is 1.07 bits per heavy atom. The molecule has 0 radical (unpaired) electrons. The van der Waals surface area contributed by atoms with Gasteiger partial charge in [-0.1, -0.05) is 0 Å². The Labute approximate surface area is 176 Å². The minimum absolute atomic E-state index is 0.177. The Balaban J connectivity index is 1.69. The molecule has 0 aliphatic carbocycles. The van der Waals surface area contributed by atoms with E-state index in [9.17, 15) is 13.2 Å². The van der Waals surface area contributed by atoms with E-state index < -0.39 is 10.0 Å². The summed E-state index contributed by atoms with van der Waals surface area (Å²) in [6, 6.07) is 11.8. The molecule has 1 aliphatic rings. The predicted octanol–water partition coefficient (Wildman–Crippen LogP) is 2.30. The maximum absolute atomic E-state index is 12.9. The molecule has 1 saturated heterocycles. The fourth-order valence-corrected chi connectivity index (χ4v) is 4.65. The van der Waals surface area contributed by atoms with Gasteiger partial charge in [-0.25, -0.2) is 8.42 Å². The van der Waals surface area contributed by atoms with Gasteiger partial charge in [-0.3, -0.25) is 4.79 Å². The van der Waals surface area contributed by atoms with Crippen LogP contribution in [0.5, 0.6) is 11.5 Å². The Bertz CT molecular complexity index is 969. The number of methoxy groups -OCH3 is 2.